The zero-order valence-corrected chi connectivity index (χ0v) is 15.2. The van der Waals surface area contributed by atoms with Crippen LogP contribution in [0.25, 0.3) is 0 Å². The van der Waals surface area contributed by atoms with Crippen LogP contribution in [0.3, 0.4) is 0 Å². The van der Waals surface area contributed by atoms with E-state index in [0.29, 0.717) is 4.90 Å². The number of hydrogen-bond donors (Lipinski definition) is 0. The Bertz CT molecular complexity index is 858. The Morgan fingerprint density at radius 1 is 1.00 bits per heavy atom. The van der Waals surface area contributed by atoms with Gasteiger partial charge in [-0.05, 0) is 74.9 Å². The Kier molecular flexibility index (Phi) is 3.75. The fourth-order valence-corrected chi connectivity index (χ4v) is 5.85. The number of fused-ring (bicyclic) bond motifs is 1. The van der Waals surface area contributed by atoms with Crippen LogP contribution in [0.4, 0.5) is 5.69 Å². The number of para-hydroxylation sites is 1. The van der Waals surface area contributed by atoms with Gasteiger partial charge < -0.3 is 0 Å². The maximum absolute atomic E-state index is 13.5. The lowest BCUT2D eigenvalue weighted by Crippen LogP contribution is -2.36. The molecule has 1 aliphatic heterocycles. The highest BCUT2D eigenvalue weighted by Crippen LogP contribution is 2.38. The Hall–Kier alpha value is -1.81. The van der Waals surface area contributed by atoms with Crippen LogP contribution < -0.4 is 4.31 Å². The third-order valence-corrected chi connectivity index (χ3v) is 7.16. The van der Waals surface area contributed by atoms with Crippen molar-refractivity contribution < 1.29 is 8.42 Å². The van der Waals surface area contributed by atoms with E-state index in [2.05, 4.69) is 6.07 Å². The SMILES string of the molecule is Cc1cc(C)c(C)c(S(=O)(=O)N2c3ccccc3CC2C)c1C. The third kappa shape index (κ3) is 2.36. The Labute approximate surface area is 139 Å². The van der Waals surface area contributed by atoms with Crippen LogP contribution in [0.5, 0.6) is 0 Å². The lowest BCUT2D eigenvalue weighted by atomic mass is 10.0. The molecule has 0 amide bonds. The Morgan fingerprint density at radius 3 is 2.17 bits per heavy atom. The highest BCUT2D eigenvalue weighted by atomic mass is 32.2. The molecule has 1 aliphatic rings. The zero-order valence-electron chi connectivity index (χ0n) is 14.3. The summed E-state index contributed by atoms with van der Waals surface area (Å²) in [5.41, 5.74) is 5.66. The quantitative estimate of drug-likeness (QED) is 0.833. The first-order valence-electron chi connectivity index (χ1n) is 7.95. The van der Waals surface area contributed by atoms with E-state index >= 15 is 0 Å². The molecule has 122 valence electrons. The van der Waals surface area contributed by atoms with Gasteiger partial charge in [-0.2, -0.15) is 0 Å². The monoisotopic (exact) mass is 329 g/mol. The van der Waals surface area contributed by atoms with E-state index in [9.17, 15) is 8.42 Å². The topological polar surface area (TPSA) is 37.4 Å². The van der Waals surface area contributed by atoms with E-state index in [4.69, 9.17) is 0 Å². The number of sulfonamides is 1. The van der Waals surface area contributed by atoms with Crippen molar-refractivity contribution in [1.29, 1.82) is 0 Å². The molecule has 2 aromatic carbocycles. The van der Waals surface area contributed by atoms with Gasteiger partial charge in [-0.1, -0.05) is 24.3 Å². The van der Waals surface area contributed by atoms with E-state index in [-0.39, 0.29) is 6.04 Å². The minimum atomic E-state index is -3.57. The molecule has 0 saturated carbocycles. The summed E-state index contributed by atoms with van der Waals surface area (Å²) in [6, 6.07) is 9.80. The number of benzene rings is 2. The molecule has 0 aromatic heterocycles. The second kappa shape index (κ2) is 5.38. The molecule has 0 aliphatic carbocycles. The number of aryl methyl sites for hydroxylation is 2. The van der Waals surface area contributed by atoms with Gasteiger partial charge in [0.25, 0.3) is 10.0 Å². The molecule has 3 nitrogen and oxygen atoms in total. The van der Waals surface area contributed by atoms with Crippen molar-refractivity contribution in [2.24, 2.45) is 0 Å². The summed E-state index contributed by atoms with van der Waals surface area (Å²) in [5, 5.41) is 0. The first kappa shape index (κ1) is 16.1. The van der Waals surface area contributed by atoms with Gasteiger partial charge in [0.15, 0.2) is 0 Å². The van der Waals surface area contributed by atoms with Gasteiger partial charge in [0.1, 0.15) is 0 Å². The molecule has 0 saturated heterocycles. The molecule has 4 heteroatoms. The van der Waals surface area contributed by atoms with Gasteiger partial charge >= 0.3 is 0 Å². The summed E-state index contributed by atoms with van der Waals surface area (Å²) >= 11 is 0. The average Bonchev–Trinajstić information content (AvgIpc) is 2.81. The van der Waals surface area contributed by atoms with Crippen LogP contribution in [-0.4, -0.2) is 14.5 Å². The van der Waals surface area contributed by atoms with Crippen LogP contribution >= 0.6 is 0 Å². The Balaban J connectivity index is 2.26. The molecule has 1 heterocycles. The molecule has 0 bridgehead atoms. The maximum Gasteiger partial charge on any atom is 0.265 e. The second-order valence-electron chi connectivity index (χ2n) is 6.57. The van der Waals surface area contributed by atoms with Crippen molar-refractivity contribution in [3.63, 3.8) is 0 Å². The van der Waals surface area contributed by atoms with Crippen molar-refractivity contribution in [2.45, 2.75) is 52.0 Å². The predicted octanol–water partition coefficient (Wildman–Crippen LogP) is 4.06. The van der Waals surface area contributed by atoms with Crippen molar-refractivity contribution in [2.75, 3.05) is 4.31 Å². The van der Waals surface area contributed by atoms with Crippen molar-refractivity contribution in [3.05, 3.63) is 58.1 Å². The van der Waals surface area contributed by atoms with E-state index in [0.717, 1.165) is 39.9 Å². The van der Waals surface area contributed by atoms with E-state index in [1.807, 2.05) is 58.9 Å². The molecule has 0 fully saturated rings. The molecular formula is C19H23NO2S. The van der Waals surface area contributed by atoms with E-state index < -0.39 is 10.0 Å². The molecule has 1 unspecified atom stereocenters. The lowest BCUT2D eigenvalue weighted by Gasteiger charge is -2.27. The maximum atomic E-state index is 13.5. The lowest BCUT2D eigenvalue weighted by molar-refractivity contribution is 0.582. The molecule has 0 radical (unpaired) electrons. The summed E-state index contributed by atoms with van der Waals surface area (Å²) in [5.74, 6) is 0. The average molecular weight is 329 g/mol. The van der Waals surface area contributed by atoms with Crippen molar-refractivity contribution in [1.82, 2.24) is 0 Å². The summed E-state index contributed by atoms with van der Waals surface area (Å²) in [6.45, 7) is 9.73. The van der Waals surface area contributed by atoms with Gasteiger partial charge in [-0.25, -0.2) is 8.42 Å². The van der Waals surface area contributed by atoms with Gasteiger partial charge in [0, 0.05) is 6.04 Å². The van der Waals surface area contributed by atoms with Crippen LogP contribution in [0.2, 0.25) is 0 Å². The van der Waals surface area contributed by atoms with Gasteiger partial charge in [0.2, 0.25) is 0 Å². The van der Waals surface area contributed by atoms with Gasteiger partial charge in [-0.3, -0.25) is 4.31 Å². The molecule has 1 atom stereocenters. The standard InChI is InChI=1S/C19H23NO2S/c1-12-10-13(2)16(5)19(15(12)4)23(21,22)20-14(3)11-17-8-6-7-9-18(17)20/h6-10,14H,11H2,1-5H3. The van der Waals surface area contributed by atoms with Crippen LogP contribution in [0.15, 0.2) is 35.2 Å². The minimum absolute atomic E-state index is 0.0583. The van der Waals surface area contributed by atoms with Crippen LogP contribution in [0.1, 0.15) is 34.7 Å². The fraction of sp³-hybridized carbons (Fsp3) is 0.368. The zero-order chi connectivity index (χ0) is 16.9. The third-order valence-electron chi connectivity index (χ3n) is 4.96. The predicted molar refractivity (Wildman–Crippen MR) is 94.7 cm³/mol. The van der Waals surface area contributed by atoms with Crippen LogP contribution in [-0.2, 0) is 16.4 Å². The molecule has 3 rings (SSSR count). The van der Waals surface area contributed by atoms with Crippen LogP contribution in [0, 0.1) is 27.7 Å². The van der Waals surface area contributed by atoms with E-state index in [1.54, 1.807) is 4.31 Å². The number of hydrogen-bond acceptors (Lipinski definition) is 2. The summed E-state index contributed by atoms with van der Waals surface area (Å²) in [7, 11) is -3.57. The first-order valence-corrected chi connectivity index (χ1v) is 9.39. The smallest absolute Gasteiger partial charge is 0.263 e. The Morgan fingerprint density at radius 2 is 1.57 bits per heavy atom. The molecular weight excluding hydrogens is 306 g/mol. The highest BCUT2D eigenvalue weighted by Gasteiger charge is 2.37. The minimum Gasteiger partial charge on any atom is -0.263 e. The number of nitrogens with zero attached hydrogens (tertiary/aromatic N) is 1. The molecule has 2 aromatic rings. The molecule has 0 spiro atoms. The van der Waals surface area contributed by atoms with E-state index in [1.165, 1.54) is 0 Å². The molecule has 0 N–H and O–H groups in total. The summed E-state index contributed by atoms with van der Waals surface area (Å²) in [4.78, 5) is 0.471. The first-order chi connectivity index (χ1) is 10.7. The largest absolute Gasteiger partial charge is 0.265 e. The van der Waals surface area contributed by atoms with Crippen molar-refractivity contribution in [3.8, 4) is 0 Å². The summed E-state index contributed by atoms with van der Waals surface area (Å²) in [6.07, 6.45) is 0.762. The molecule has 23 heavy (non-hydrogen) atoms. The van der Waals surface area contributed by atoms with Gasteiger partial charge in [0.05, 0.1) is 10.6 Å². The van der Waals surface area contributed by atoms with Gasteiger partial charge in [-0.15, -0.1) is 0 Å². The normalized spacial score (nSPS) is 17.4. The number of rotatable bonds is 2. The van der Waals surface area contributed by atoms with Crippen molar-refractivity contribution >= 4 is 15.7 Å². The summed E-state index contributed by atoms with van der Waals surface area (Å²) < 4.78 is 28.6. The highest BCUT2D eigenvalue weighted by molar-refractivity contribution is 7.93. The number of anilines is 1. The fourth-order valence-electron chi connectivity index (χ4n) is 3.57. The second-order valence-corrected chi connectivity index (χ2v) is 8.32.